The van der Waals surface area contributed by atoms with Crippen molar-refractivity contribution in [1.29, 1.82) is 0 Å². The number of benzene rings is 1. The quantitative estimate of drug-likeness (QED) is 0.767. The molecule has 2 rings (SSSR count). The number of alkyl halides is 1. The van der Waals surface area contributed by atoms with E-state index < -0.39 is 5.60 Å². The van der Waals surface area contributed by atoms with Crippen LogP contribution in [0, 0.1) is 0 Å². The largest absolute Gasteiger partial charge is 0.507 e. The molecule has 1 heterocycles. The first-order chi connectivity index (χ1) is 9.32. The fourth-order valence-electron chi connectivity index (χ4n) is 2.38. The predicted octanol–water partition coefficient (Wildman–Crippen LogP) is 3.17. The van der Waals surface area contributed by atoms with Crippen molar-refractivity contribution in [2.45, 2.75) is 25.6 Å². The second-order valence-electron chi connectivity index (χ2n) is 5.50. The first-order valence-corrected chi connectivity index (χ1v) is 8.25. The molecule has 1 fully saturated rings. The number of phenols is 1. The summed E-state index contributed by atoms with van der Waals surface area (Å²) in [6.45, 7) is 4.94. The van der Waals surface area contributed by atoms with Gasteiger partial charge in [-0.15, -0.1) is 0 Å². The van der Waals surface area contributed by atoms with Crippen LogP contribution in [0.15, 0.2) is 22.7 Å². The van der Waals surface area contributed by atoms with Crippen molar-refractivity contribution in [1.82, 2.24) is 4.90 Å². The Hall–Kier alpha value is -0.590. The summed E-state index contributed by atoms with van der Waals surface area (Å²) in [5, 5.41) is 10.6. The molecular formula is C14H17Br2NO3. The zero-order chi connectivity index (χ0) is 14.9. The number of phenolic OH excluding ortho intramolecular Hbond substituents is 1. The topological polar surface area (TPSA) is 49.8 Å². The molecule has 4 nitrogen and oxygen atoms in total. The first kappa shape index (κ1) is 15.8. The van der Waals surface area contributed by atoms with Crippen LogP contribution in [0.25, 0.3) is 0 Å². The Morgan fingerprint density at radius 2 is 2.25 bits per heavy atom. The van der Waals surface area contributed by atoms with Crippen molar-refractivity contribution in [2.75, 3.05) is 18.4 Å². The summed E-state index contributed by atoms with van der Waals surface area (Å²) in [4.78, 5) is 14.3. The maximum absolute atomic E-state index is 12.6. The summed E-state index contributed by atoms with van der Waals surface area (Å²) in [6, 6.07) is 4.87. The van der Waals surface area contributed by atoms with Gasteiger partial charge in [0.1, 0.15) is 5.75 Å². The van der Waals surface area contributed by atoms with Gasteiger partial charge in [-0.05, 0) is 32.0 Å². The Bertz CT molecular complexity index is 519. The average Bonchev–Trinajstić information content (AvgIpc) is 2.38. The highest BCUT2D eigenvalue weighted by atomic mass is 79.9. The number of amides is 1. The van der Waals surface area contributed by atoms with Crippen molar-refractivity contribution in [3.8, 4) is 5.75 Å². The molecule has 1 N–H and O–H groups in total. The van der Waals surface area contributed by atoms with E-state index in [0.29, 0.717) is 24.0 Å². The Balaban J connectivity index is 2.25. The van der Waals surface area contributed by atoms with E-state index in [2.05, 4.69) is 31.9 Å². The van der Waals surface area contributed by atoms with E-state index in [9.17, 15) is 9.90 Å². The van der Waals surface area contributed by atoms with Crippen LogP contribution < -0.4 is 0 Å². The van der Waals surface area contributed by atoms with Crippen molar-refractivity contribution in [3.05, 3.63) is 28.2 Å². The van der Waals surface area contributed by atoms with Crippen LogP contribution in [0.1, 0.15) is 24.2 Å². The molecule has 0 aromatic heterocycles. The molecule has 0 aliphatic carbocycles. The highest BCUT2D eigenvalue weighted by Crippen LogP contribution is 2.27. The van der Waals surface area contributed by atoms with Crippen molar-refractivity contribution < 1.29 is 14.6 Å². The van der Waals surface area contributed by atoms with Gasteiger partial charge in [-0.1, -0.05) is 31.9 Å². The normalized spacial score (nSPS) is 21.8. The molecule has 1 aromatic carbocycles. The first-order valence-electron chi connectivity index (χ1n) is 6.34. The molecule has 0 saturated carbocycles. The Morgan fingerprint density at radius 3 is 2.90 bits per heavy atom. The standard InChI is InChI=1S/C14H17Br2NO3/c1-14(2)8-17(7-10(6-15)20-14)13(19)11-5-9(16)3-4-12(11)18/h3-5,10,18H,6-8H2,1-2H3. The summed E-state index contributed by atoms with van der Waals surface area (Å²) < 4.78 is 6.65. The third-order valence-corrected chi connectivity index (χ3v) is 4.35. The van der Waals surface area contributed by atoms with E-state index in [4.69, 9.17) is 4.74 Å². The van der Waals surface area contributed by atoms with E-state index in [1.807, 2.05) is 13.8 Å². The van der Waals surface area contributed by atoms with E-state index in [1.54, 1.807) is 17.0 Å². The van der Waals surface area contributed by atoms with Gasteiger partial charge in [0.05, 0.1) is 17.3 Å². The molecule has 0 radical (unpaired) electrons. The second-order valence-corrected chi connectivity index (χ2v) is 7.06. The van der Waals surface area contributed by atoms with Gasteiger partial charge < -0.3 is 14.7 Å². The molecule has 20 heavy (non-hydrogen) atoms. The molecule has 1 amide bonds. The average molecular weight is 407 g/mol. The number of aromatic hydroxyl groups is 1. The number of morpholine rings is 1. The zero-order valence-corrected chi connectivity index (χ0v) is 14.6. The molecule has 0 spiro atoms. The van der Waals surface area contributed by atoms with E-state index in [-0.39, 0.29) is 17.8 Å². The number of hydrogen-bond acceptors (Lipinski definition) is 3. The summed E-state index contributed by atoms with van der Waals surface area (Å²) in [6.07, 6.45) is -0.0444. The minimum absolute atomic E-state index is 0.00195. The summed E-state index contributed by atoms with van der Waals surface area (Å²) in [5.41, 5.74) is -0.0843. The summed E-state index contributed by atoms with van der Waals surface area (Å²) in [7, 11) is 0. The number of halogens is 2. The number of carbonyl (C=O) groups is 1. The Kier molecular flexibility index (Phi) is 4.76. The zero-order valence-electron chi connectivity index (χ0n) is 11.4. The van der Waals surface area contributed by atoms with E-state index in [0.717, 1.165) is 4.47 Å². The number of rotatable bonds is 2. The number of nitrogens with zero attached hydrogens (tertiary/aromatic N) is 1. The maximum atomic E-state index is 12.6. The lowest BCUT2D eigenvalue weighted by atomic mass is 10.0. The van der Waals surface area contributed by atoms with Gasteiger partial charge in [-0.3, -0.25) is 4.79 Å². The maximum Gasteiger partial charge on any atom is 0.257 e. The number of hydrogen-bond donors (Lipinski definition) is 1. The van der Waals surface area contributed by atoms with Gasteiger partial charge in [0.15, 0.2) is 0 Å². The Morgan fingerprint density at radius 1 is 1.55 bits per heavy atom. The molecule has 1 aromatic rings. The minimum Gasteiger partial charge on any atom is -0.507 e. The molecule has 1 unspecified atom stereocenters. The molecule has 0 bridgehead atoms. The number of ether oxygens (including phenoxy) is 1. The monoisotopic (exact) mass is 405 g/mol. The fourth-order valence-corrected chi connectivity index (χ4v) is 3.08. The summed E-state index contributed by atoms with van der Waals surface area (Å²) in [5.74, 6) is -0.177. The Labute approximate surface area is 135 Å². The van der Waals surface area contributed by atoms with E-state index >= 15 is 0 Å². The van der Waals surface area contributed by atoms with Gasteiger partial charge in [-0.2, -0.15) is 0 Å². The van der Waals surface area contributed by atoms with Gasteiger partial charge in [0, 0.05) is 22.9 Å². The number of carbonyl (C=O) groups excluding carboxylic acids is 1. The van der Waals surface area contributed by atoms with Crippen molar-refractivity contribution in [3.63, 3.8) is 0 Å². The fraction of sp³-hybridized carbons (Fsp3) is 0.500. The van der Waals surface area contributed by atoms with Crippen LogP contribution in [0.2, 0.25) is 0 Å². The molecule has 1 aliphatic rings. The van der Waals surface area contributed by atoms with E-state index in [1.165, 1.54) is 6.07 Å². The van der Waals surface area contributed by atoms with Crippen LogP contribution in [-0.2, 0) is 4.74 Å². The highest BCUT2D eigenvalue weighted by Gasteiger charge is 2.36. The van der Waals surface area contributed by atoms with Gasteiger partial charge >= 0.3 is 0 Å². The molecule has 6 heteroatoms. The summed E-state index contributed by atoms with van der Waals surface area (Å²) >= 11 is 6.72. The lowest BCUT2D eigenvalue weighted by Crippen LogP contribution is -2.55. The highest BCUT2D eigenvalue weighted by molar-refractivity contribution is 9.10. The van der Waals surface area contributed by atoms with Crippen LogP contribution in [0.3, 0.4) is 0 Å². The third-order valence-electron chi connectivity index (χ3n) is 3.13. The lowest BCUT2D eigenvalue weighted by molar-refractivity contribution is -0.116. The second kappa shape index (κ2) is 6.03. The van der Waals surface area contributed by atoms with Crippen LogP contribution in [0.5, 0.6) is 5.75 Å². The minimum atomic E-state index is -0.395. The van der Waals surface area contributed by atoms with Crippen molar-refractivity contribution in [2.24, 2.45) is 0 Å². The SMILES string of the molecule is CC1(C)CN(C(=O)c2cc(Br)ccc2O)CC(CBr)O1. The van der Waals surface area contributed by atoms with Crippen LogP contribution in [0.4, 0.5) is 0 Å². The molecule has 1 aliphatic heterocycles. The van der Waals surface area contributed by atoms with Gasteiger partial charge in [-0.25, -0.2) is 0 Å². The smallest absolute Gasteiger partial charge is 0.257 e. The molecule has 1 atom stereocenters. The molecule has 1 saturated heterocycles. The van der Waals surface area contributed by atoms with Gasteiger partial charge in [0.25, 0.3) is 5.91 Å². The lowest BCUT2D eigenvalue weighted by Gasteiger charge is -2.42. The van der Waals surface area contributed by atoms with Crippen molar-refractivity contribution >= 4 is 37.8 Å². The van der Waals surface area contributed by atoms with Crippen LogP contribution >= 0.6 is 31.9 Å². The third kappa shape index (κ3) is 3.54. The predicted molar refractivity (Wildman–Crippen MR) is 84.5 cm³/mol. The van der Waals surface area contributed by atoms with Gasteiger partial charge in [0.2, 0.25) is 0 Å². The molecular weight excluding hydrogens is 390 g/mol. The molecule has 110 valence electrons. The van der Waals surface area contributed by atoms with Crippen LogP contribution in [-0.4, -0.2) is 46.0 Å².